The van der Waals surface area contributed by atoms with Crippen LogP contribution in [-0.2, 0) is 11.2 Å². The van der Waals surface area contributed by atoms with E-state index in [0.29, 0.717) is 61.2 Å². The van der Waals surface area contributed by atoms with E-state index in [2.05, 4.69) is 20.2 Å². The van der Waals surface area contributed by atoms with Gasteiger partial charge in [-0.1, -0.05) is 18.2 Å². The summed E-state index contributed by atoms with van der Waals surface area (Å²) in [6.45, 7) is 4.69. The summed E-state index contributed by atoms with van der Waals surface area (Å²) in [4.78, 5) is 37.1. The van der Waals surface area contributed by atoms with Gasteiger partial charge in [0.05, 0.1) is 18.8 Å². The Morgan fingerprint density at radius 1 is 1.12 bits per heavy atom. The monoisotopic (exact) mass is 461 g/mol. The van der Waals surface area contributed by atoms with Gasteiger partial charge < -0.3 is 20.1 Å². The van der Waals surface area contributed by atoms with Crippen molar-refractivity contribution in [3.05, 3.63) is 77.7 Å². The molecular weight excluding hydrogens is 434 g/mol. The maximum Gasteiger partial charge on any atom is 0.411 e. The minimum absolute atomic E-state index is 0.243. The van der Waals surface area contributed by atoms with E-state index < -0.39 is 6.09 Å². The number of amides is 2. The summed E-state index contributed by atoms with van der Waals surface area (Å²) in [5.74, 6) is 0.387. The summed E-state index contributed by atoms with van der Waals surface area (Å²) in [5, 5.41) is 12.5. The number of hydrogen-bond acceptors (Lipinski definition) is 6. The highest BCUT2D eigenvalue weighted by Gasteiger charge is 2.21. The van der Waals surface area contributed by atoms with E-state index >= 15 is 0 Å². The molecule has 0 atom stereocenters. The first kappa shape index (κ1) is 23.2. The van der Waals surface area contributed by atoms with Crippen molar-refractivity contribution in [2.24, 2.45) is 0 Å². The third-order valence-electron chi connectivity index (χ3n) is 5.53. The number of carboxylic acid groups (broad SMARTS) is 1. The average Bonchev–Trinajstić information content (AvgIpc) is 2.85. The van der Waals surface area contributed by atoms with Crippen LogP contribution in [0.1, 0.15) is 21.7 Å². The smallest absolute Gasteiger partial charge is 0.411 e. The quantitative estimate of drug-likeness (QED) is 0.553. The molecule has 1 aliphatic heterocycles. The van der Waals surface area contributed by atoms with Crippen LogP contribution in [0.2, 0.25) is 0 Å². The zero-order valence-electron chi connectivity index (χ0n) is 19.0. The Bertz CT molecular complexity index is 1150. The SMILES string of the molecule is Cc1ccc(C(=O)Nc2ccnc(CCN(C(=O)O)c3ccccc3)c2)c(N2CCOCC2)n1. The van der Waals surface area contributed by atoms with Crippen LogP contribution in [0.25, 0.3) is 0 Å². The Morgan fingerprint density at radius 3 is 2.62 bits per heavy atom. The van der Waals surface area contributed by atoms with Crippen molar-refractivity contribution in [2.45, 2.75) is 13.3 Å². The molecule has 34 heavy (non-hydrogen) atoms. The Labute approximate surface area is 198 Å². The van der Waals surface area contributed by atoms with Crippen molar-refractivity contribution in [2.75, 3.05) is 48.0 Å². The lowest BCUT2D eigenvalue weighted by Gasteiger charge is -2.29. The lowest BCUT2D eigenvalue weighted by Crippen LogP contribution is -2.38. The molecule has 0 unspecified atom stereocenters. The number of para-hydroxylation sites is 1. The number of nitrogens with one attached hydrogen (secondary N) is 1. The lowest BCUT2D eigenvalue weighted by molar-refractivity contribution is 0.102. The van der Waals surface area contributed by atoms with Gasteiger partial charge in [-0.05, 0) is 43.3 Å². The molecule has 3 aromatic rings. The number of carbonyl (C=O) groups excluding carboxylic acids is 1. The summed E-state index contributed by atoms with van der Waals surface area (Å²) in [7, 11) is 0. The minimum Gasteiger partial charge on any atom is -0.465 e. The van der Waals surface area contributed by atoms with Gasteiger partial charge in [0, 0.05) is 55.0 Å². The first-order valence-electron chi connectivity index (χ1n) is 11.1. The molecule has 2 amide bonds. The fourth-order valence-electron chi connectivity index (χ4n) is 3.80. The highest BCUT2D eigenvalue weighted by Crippen LogP contribution is 2.22. The number of rotatable bonds is 7. The van der Waals surface area contributed by atoms with Gasteiger partial charge in [-0.15, -0.1) is 0 Å². The molecule has 0 aliphatic carbocycles. The second-order valence-corrected chi connectivity index (χ2v) is 7.93. The zero-order valence-corrected chi connectivity index (χ0v) is 19.0. The van der Waals surface area contributed by atoms with Crippen molar-refractivity contribution >= 4 is 29.2 Å². The first-order chi connectivity index (χ1) is 16.5. The molecule has 9 heteroatoms. The Kier molecular flexibility index (Phi) is 7.34. The fourth-order valence-corrected chi connectivity index (χ4v) is 3.80. The maximum atomic E-state index is 13.1. The van der Waals surface area contributed by atoms with Gasteiger partial charge >= 0.3 is 6.09 Å². The average molecular weight is 462 g/mol. The molecule has 1 fully saturated rings. The molecule has 9 nitrogen and oxygen atoms in total. The summed E-state index contributed by atoms with van der Waals surface area (Å²) in [6, 6.07) is 16.0. The molecule has 1 aromatic carbocycles. The summed E-state index contributed by atoms with van der Waals surface area (Å²) >= 11 is 0. The van der Waals surface area contributed by atoms with E-state index in [9.17, 15) is 14.7 Å². The third kappa shape index (κ3) is 5.68. The van der Waals surface area contributed by atoms with E-state index in [1.807, 2.05) is 19.1 Å². The highest BCUT2D eigenvalue weighted by atomic mass is 16.5. The van der Waals surface area contributed by atoms with Crippen LogP contribution < -0.4 is 15.1 Å². The molecule has 176 valence electrons. The largest absolute Gasteiger partial charge is 0.465 e. The Hall–Kier alpha value is -3.98. The third-order valence-corrected chi connectivity index (χ3v) is 5.53. The maximum absolute atomic E-state index is 13.1. The number of nitrogens with zero attached hydrogens (tertiary/aromatic N) is 4. The van der Waals surface area contributed by atoms with Crippen molar-refractivity contribution < 1.29 is 19.4 Å². The van der Waals surface area contributed by atoms with Gasteiger partial charge in [-0.2, -0.15) is 0 Å². The molecule has 4 rings (SSSR count). The van der Waals surface area contributed by atoms with Gasteiger partial charge in [-0.25, -0.2) is 9.78 Å². The fraction of sp³-hybridized carbons (Fsp3) is 0.280. The normalized spacial score (nSPS) is 13.4. The highest BCUT2D eigenvalue weighted by molar-refractivity contribution is 6.07. The summed E-state index contributed by atoms with van der Waals surface area (Å²) < 4.78 is 5.43. The van der Waals surface area contributed by atoms with Gasteiger partial charge in [0.1, 0.15) is 5.82 Å². The topological polar surface area (TPSA) is 108 Å². The van der Waals surface area contributed by atoms with Gasteiger partial charge in [0.2, 0.25) is 0 Å². The molecular formula is C25H27N5O4. The zero-order chi connectivity index (χ0) is 23.9. The van der Waals surface area contributed by atoms with Crippen LogP contribution in [0.5, 0.6) is 0 Å². The molecule has 0 saturated carbocycles. The number of pyridine rings is 2. The molecule has 1 saturated heterocycles. The summed E-state index contributed by atoms with van der Waals surface area (Å²) in [6.07, 6.45) is 0.975. The molecule has 2 N–H and O–H groups in total. The number of ether oxygens (including phenoxy) is 1. The molecule has 0 radical (unpaired) electrons. The number of anilines is 3. The van der Waals surface area contributed by atoms with Crippen molar-refractivity contribution in [1.29, 1.82) is 0 Å². The molecule has 1 aliphatic rings. The lowest BCUT2D eigenvalue weighted by atomic mass is 10.2. The molecule has 2 aromatic heterocycles. The Morgan fingerprint density at radius 2 is 1.88 bits per heavy atom. The Balaban J connectivity index is 1.46. The van der Waals surface area contributed by atoms with Crippen LogP contribution >= 0.6 is 0 Å². The van der Waals surface area contributed by atoms with Crippen LogP contribution in [0.4, 0.5) is 22.0 Å². The summed E-state index contributed by atoms with van der Waals surface area (Å²) in [5.41, 5.74) is 3.19. The number of carbonyl (C=O) groups is 2. The minimum atomic E-state index is -1.03. The van der Waals surface area contributed by atoms with E-state index in [1.54, 1.807) is 48.7 Å². The first-order valence-corrected chi connectivity index (χ1v) is 11.1. The van der Waals surface area contributed by atoms with Crippen molar-refractivity contribution in [1.82, 2.24) is 9.97 Å². The molecule has 0 spiro atoms. The predicted octanol–water partition coefficient (Wildman–Crippen LogP) is 3.60. The van der Waals surface area contributed by atoms with Crippen molar-refractivity contribution in [3.63, 3.8) is 0 Å². The van der Waals surface area contributed by atoms with Gasteiger partial charge in [0.25, 0.3) is 5.91 Å². The van der Waals surface area contributed by atoms with Crippen LogP contribution in [0.3, 0.4) is 0 Å². The standard InChI is InChI=1S/C25H27N5O4/c1-18-7-8-22(23(27-18)29-13-15-34-16-14-29)24(31)28-20-9-11-26-19(17-20)10-12-30(25(32)33)21-5-3-2-4-6-21/h2-9,11,17H,10,12-16H2,1H3,(H,32,33)(H,26,28,31). The van der Waals surface area contributed by atoms with E-state index in [4.69, 9.17) is 4.74 Å². The van der Waals surface area contributed by atoms with E-state index in [1.165, 1.54) is 4.90 Å². The second-order valence-electron chi connectivity index (χ2n) is 7.93. The predicted molar refractivity (Wildman–Crippen MR) is 130 cm³/mol. The number of aryl methyl sites for hydroxylation is 1. The number of aromatic nitrogens is 2. The van der Waals surface area contributed by atoms with E-state index in [-0.39, 0.29) is 12.5 Å². The molecule has 3 heterocycles. The van der Waals surface area contributed by atoms with Gasteiger partial charge in [-0.3, -0.25) is 14.7 Å². The van der Waals surface area contributed by atoms with Crippen molar-refractivity contribution in [3.8, 4) is 0 Å². The van der Waals surface area contributed by atoms with Crippen LogP contribution in [-0.4, -0.2) is 59.9 Å². The van der Waals surface area contributed by atoms with Gasteiger partial charge in [0.15, 0.2) is 0 Å². The molecule has 0 bridgehead atoms. The van der Waals surface area contributed by atoms with Crippen LogP contribution in [0, 0.1) is 6.92 Å². The number of morpholine rings is 1. The van der Waals surface area contributed by atoms with E-state index in [0.717, 1.165) is 5.69 Å². The second kappa shape index (κ2) is 10.8. The number of hydrogen-bond donors (Lipinski definition) is 2. The van der Waals surface area contributed by atoms with Crippen LogP contribution in [0.15, 0.2) is 60.8 Å². The number of benzene rings is 1.